The molecule has 1 atom stereocenters. The van der Waals surface area contributed by atoms with Gasteiger partial charge in [-0.3, -0.25) is 4.79 Å². The molecule has 1 N–H and O–H groups in total. The van der Waals surface area contributed by atoms with Crippen LogP contribution in [0, 0.1) is 5.92 Å². The minimum absolute atomic E-state index is 0.133. The predicted octanol–water partition coefficient (Wildman–Crippen LogP) is 2.89. The van der Waals surface area contributed by atoms with E-state index in [4.69, 9.17) is 27.9 Å². The van der Waals surface area contributed by atoms with Crippen LogP contribution in [0.15, 0.2) is 18.2 Å². The van der Waals surface area contributed by atoms with Gasteiger partial charge in [-0.2, -0.15) is 0 Å². The van der Waals surface area contributed by atoms with E-state index in [0.717, 1.165) is 18.0 Å². The normalized spacial score (nSPS) is 21.9. The van der Waals surface area contributed by atoms with Crippen LogP contribution in [0.5, 0.6) is 0 Å². The lowest BCUT2D eigenvalue weighted by atomic mass is 10.1. The average Bonchev–Trinajstić information content (AvgIpc) is 3.34. The molecule has 1 aromatic rings. The summed E-state index contributed by atoms with van der Waals surface area (Å²) in [6.07, 6.45) is 2.44. The second kappa shape index (κ2) is 7.18. The topological polar surface area (TPSA) is 41.6 Å². The van der Waals surface area contributed by atoms with E-state index >= 15 is 0 Å². The fourth-order valence-electron chi connectivity index (χ4n) is 2.61. The van der Waals surface area contributed by atoms with Crippen molar-refractivity contribution in [3.05, 3.63) is 33.8 Å². The lowest BCUT2D eigenvalue weighted by Crippen LogP contribution is -2.46. The summed E-state index contributed by atoms with van der Waals surface area (Å²) in [5.74, 6) is 0.912. The minimum atomic E-state index is -0.143. The van der Waals surface area contributed by atoms with Crippen molar-refractivity contribution in [2.75, 3.05) is 32.8 Å². The first-order chi connectivity index (χ1) is 10.6. The van der Waals surface area contributed by atoms with E-state index in [0.29, 0.717) is 36.3 Å². The van der Waals surface area contributed by atoms with Crippen molar-refractivity contribution in [1.29, 1.82) is 0 Å². The summed E-state index contributed by atoms with van der Waals surface area (Å²) in [6, 6.07) is 5.48. The number of halogens is 2. The van der Waals surface area contributed by atoms with Crippen LogP contribution in [0.4, 0.5) is 0 Å². The van der Waals surface area contributed by atoms with E-state index in [2.05, 4.69) is 5.32 Å². The second-order valence-corrected chi connectivity index (χ2v) is 6.76. The van der Waals surface area contributed by atoms with E-state index in [1.807, 2.05) is 17.0 Å². The zero-order valence-electron chi connectivity index (χ0n) is 12.4. The van der Waals surface area contributed by atoms with Crippen molar-refractivity contribution in [1.82, 2.24) is 10.2 Å². The zero-order valence-corrected chi connectivity index (χ0v) is 13.9. The number of carbonyl (C=O) groups is 1. The van der Waals surface area contributed by atoms with Gasteiger partial charge >= 0.3 is 0 Å². The Hall–Kier alpha value is -0.810. The van der Waals surface area contributed by atoms with Gasteiger partial charge in [-0.05, 0) is 43.0 Å². The molecule has 120 valence electrons. The maximum atomic E-state index is 12.3. The molecule has 3 rings (SSSR count). The Morgan fingerprint density at radius 2 is 2.14 bits per heavy atom. The van der Waals surface area contributed by atoms with Gasteiger partial charge in [0, 0.05) is 6.54 Å². The second-order valence-electron chi connectivity index (χ2n) is 5.95. The lowest BCUT2D eigenvalue weighted by molar-refractivity contribution is -0.138. The number of nitrogens with one attached hydrogen (secondary N) is 1. The van der Waals surface area contributed by atoms with Gasteiger partial charge < -0.3 is 15.0 Å². The van der Waals surface area contributed by atoms with Crippen LogP contribution in [-0.2, 0) is 9.53 Å². The number of hydrogen-bond acceptors (Lipinski definition) is 3. The summed E-state index contributed by atoms with van der Waals surface area (Å²) in [5.41, 5.74) is 0.956. The highest BCUT2D eigenvalue weighted by Gasteiger charge is 2.26. The van der Waals surface area contributed by atoms with Crippen molar-refractivity contribution >= 4 is 29.1 Å². The molecule has 1 aromatic carbocycles. The summed E-state index contributed by atoms with van der Waals surface area (Å²) in [7, 11) is 0. The van der Waals surface area contributed by atoms with E-state index < -0.39 is 0 Å². The zero-order chi connectivity index (χ0) is 15.5. The average molecular weight is 343 g/mol. The molecule has 22 heavy (non-hydrogen) atoms. The quantitative estimate of drug-likeness (QED) is 0.894. The number of carbonyl (C=O) groups excluding carboxylic acids is 1. The van der Waals surface area contributed by atoms with Crippen LogP contribution in [0.1, 0.15) is 24.5 Å². The van der Waals surface area contributed by atoms with E-state index in [9.17, 15) is 4.79 Å². The first kappa shape index (κ1) is 16.1. The highest BCUT2D eigenvalue weighted by Crippen LogP contribution is 2.29. The molecule has 1 aliphatic carbocycles. The summed E-state index contributed by atoms with van der Waals surface area (Å²) in [5, 5.41) is 4.28. The molecule has 1 aliphatic heterocycles. The third kappa shape index (κ3) is 4.13. The van der Waals surface area contributed by atoms with Crippen molar-refractivity contribution < 1.29 is 9.53 Å². The van der Waals surface area contributed by atoms with Crippen LogP contribution < -0.4 is 5.32 Å². The Bertz CT molecular complexity index is 549. The molecule has 2 aliphatic rings. The van der Waals surface area contributed by atoms with Gasteiger partial charge in [0.05, 0.1) is 29.7 Å². The number of nitrogens with zero attached hydrogens (tertiary/aromatic N) is 1. The van der Waals surface area contributed by atoms with Crippen LogP contribution in [-0.4, -0.2) is 43.6 Å². The molecular weight excluding hydrogens is 323 g/mol. The SMILES string of the molecule is O=C(CNCC1CC1)N1CCOC(c2ccc(Cl)c(Cl)c2)C1. The van der Waals surface area contributed by atoms with Gasteiger partial charge in [0.25, 0.3) is 0 Å². The highest BCUT2D eigenvalue weighted by molar-refractivity contribution is 6.42. The van der Waals surface area contributed by atoms with E-state index in [-0.39, 0.29) is 12.0 Å². The fraction of sp³-hybridized carbons (Fsp3) is 0.562. The standard InChI is InChI=1S/C16H20Cl2N2O2/c17-13-4-3-12(7-14(13)18)15-10-20(5-6-22-15)16(21)9-19-8-11-1-2-11/h3-4,7,11,15,19H,1-2,5-6,8-10H2. The Morgan fingerprint density at radius 3 is 2.86 bits per heavy atom. The fourth-order valence-corrected chi connectivity index (χ4v) is 2.91. The largest absolute Gasteiger partial charge is 0.370 e. The number of ether oxygens (including phenoxy) is 1. The Labute approximate surface area is 140 Å². The monoisotopic (exact) mass is 342 g/mol. The predicted molar refractivity (Wildman–Crippen MR) is 87.3 cm³/mol. The van der Waals surface area contributed by atoms with Crippen LogP contribution in [0.2, 0.25) is 10.0 Å². The molecule has 1 saturated heterocycles. The van der Waals surface area contributed by atoms with Gasteiger partial charge in [0.1, 0.15) is 6.10 Å². The number of morpholine rings is 1. The minimum Gasteiger partial charge on any atom is -0.370 e. The molecule has 0 spiro atoms. The van der Waals surface area contributed by atoms with Gasteiger partial charge in [0.2, 0.25) is 5.91 Å². The first-order valence-electron chi connectivity index (χ1n) is 7.68. The Balaban J connectivity index is 1.55. The third-order valence-electron chi connectivity index (χ3n) is 4.14. The van der Waals surface area contributed by atoms with Crippen LogP contribution in [0.25, 0.3) is 0 Å². The van der Waals surface area contributed by atoms with Crippen molar-refractivity contribution in [3.63, 3.8) is 0 Å². The summed E-state index contributed by atoms with van der Waals surface area (Å²) < 4.78 is 5.78. The maximum absolute atomic E-state index is 12.3. The van der Waals surface area contributed by atoms with E-state index in [1.54, 1.807) is 6.07 Å². The Kier molecular flexibility index (Phi) is 5.24. The third-order valence-corrected chi connectivity index (χ3v) is 4.88. The van der Waals surface area contributed by atoms with Crippen molar-refractivity contribution in [2.45, 2.75) is 18.9 Å². The smallest absolute Gasteiger partial charge is 0.236 e. The number of rotatable bonds is 5. The molecule has 1 heterocycles. The number of benzene rings is 1. The van der Waals surface area contributed by atoms with Gasteiger partial charge in [-0.15, -0.1) is 0 Å². The van der Waals surface area contributed by atoms with Gasteiger partial charge in [-0.1, -0.05) is 29.3 Å². The maximum Gasteiger partial charge on any atom is 0.236 e. The molecule has 6 heteroatoms. The number of amides is 1. The lowest BCUT2D eigenvalue weighted by Gasteiger charge is -2.33. The summed E-state index contributed by atoms with van der Waals surface area (Å²) in [4.78, 5) is 14.1. The number of hydrogen-bond donors (Lipinski definition) is 1. The molecule has 4 nitrogen and oxygen atoms in total. The molecule has 2 fully saturated rings. The van der Waals surface area contributed by atoms with Crippen LogP contribution >= 0.6 is 23.2 Å². The summed E-state index contributed by atoms with van der Waals surface area (Å²) in [6.45, 7) is 3.10. The van der Waals surface area contributed by atoms with Gasteiger partial charge in [-0.25, -0.2) is 0 Å². The molecule has 1 amide bonds. The Morgan fingerprint density at radius 1 is 1.32 bits per heavy atom. The van der Waals surface area contributed by atoms with Crippen molar-refractivity contribution in [3.8, 4) is 0 Å². The van der Waals surface area contributed by atoms with E-state index in [1.165, 1.54) is 12.8 Å². The van der Waals surface area contributed by atoms with Gasteiger partial charge in [0.15, 0.2) is 0 Å². The molecule has 0 aromatic heterocycles. The molecular formula is C16H20Cl2N2O2. The first-order valence-corrected chi connectivity index (χ1v) is 8.44. The van der Waals surface area contributed by atoms with Crippen molar-refractivity contribution in [2.24, 2.45) is 5.92 Å². The molecule has 0 radical (unpaired) electrons. The molecule has 0 bridgehead atoms. The molecule has 1 unspecified atom stereocenters. The summed E-state index contributed by atoms with van der Waals surface area (Å²) >= 11 is 12.0. The molecule has 1 saturated carbocycles. The van der Waals surface area contributed by atoms with Crippen LogP contribution in [0.3, 0.4) is 0 Å². The highest BCUT2D eigenvalue weighted by atomic mass is 35.5.